The summed E-state index contributed by atoms with van der Waals surface area (Å²) >= 11 is 0. The molecule has 1 atom stereocenters. The zero-order chi connectivity index (χ0) is 30.5. The van der Waals surface area contributed by atoms with Gasteiger partial charge < -0.3 is 4.74 Å². The number of nitrogens with zero attached hydrogens (tertiary/aromatic N) is 6. The number of halogens is 6. The lowest BCUT2D eigenvalue weighted by atomic mass is 9.93. The number of benzene rings is 2. The van der Waals surface area contributed by atoms with E-state index >= 15 is 0 Å². The number of hydrogen-bond acceptors (Lipinski definition) is 8. The summed E-state index contributed by atoms with van der Waals surface area (Å²) < 4.78 is 124. The van der Waals surface area contributed by atoms with Gasteiger partial charge in [0.05, 0.1) is 13.1 Å². The summed E-state index contributed by atoms with van der Waals surface area (Å²) in [6.07, 6.45) is 2.51. The number of aromatic nitrogens is 6. The van der Waals surface area contributed by atoms with Gasteiger partial charge in [-0.15, -0.1) is 0 Å². The molecule has 0 spiro atoms. The Morgan fingerprint density at radius 2 is 1.71 bits per heavy atom. The molecule has 0 aliphatic rings. The second-order valence-electron chi connectivity index (χ2n) is 8.78. The van der Waals surface area contributed by atoms with Crippen LogP contribution in [0.15, 0.2) is 61.4 Å². The van der Waals surface area contributed by atoms with Gasteiger partial charge in [0.15, 0.2) is 18.0 Å². The van der Waals surface area contributed by atoms with Gasteiger partial charge in [0.25, 0.3) is 0 Å². The maximum atomic E-state index is 15.0. The number of rotatable bonds is 13. The Bertz CT molecular complexity index is 1630. The van der Waals surface area contributed by atoms with Crippen LogP contribution in [0, 0.1) is 11.6 Å². The van der Waals surface area contributed by atoms with E-state index in [9.17, 15) is 39.3 Å². The van der Waals surface area contributed by atoms with Gasteiger partial charge in [-0.2, -0.15) is 27.4 Å². The van der Waals surface area contributed by atoms with E-state index in [1.165, 1.54) is 42.7 Å². The highest BCUT2D eigenvalue weighted by molar-refractivity contribution is 7.80. The maximum absolute atomic E-state index is 15.0. The van der Waals surface area contributed by atoms with Crippen LogP contribution in [0.3, 0.4) is 0 Å². The van der Waals surface area contributed by atoms with E-state index in [1.54, 1.807) is 0 Å². The molecule has 1 unspecified atom stereocenters. The van der Waals surface area contributed by atoms with Crippen molar-refractivity contribution in [2.75, 3.05) is 6.61 Å². The highest BCUT2D eigenvalue weighted by Crippen LogP contribution is 2.34. The molecule has 18 heteroatoms. The van der Waals surface area contributed by atoms with Gasteiger partial charge in [-0.25, -0.2) is 41.1 Å². The fraction of sp³-hybridized carbons (Fsp3) is 0.250. The third-order valence-corrected chi connectivity index (χ3v) is 6.13. The van der Waals surface area contributed by atoms with Crippen LogP contribution in [0.25, 0.3) is 12.2 Å². The van der Waals surface area contributed by atoms with Gasteiger partial charge >= 0.3 is 22.7 Å². The molecule has 224 valence electrons. The van der Waals surface area contributed by atoms with Crippen molar-refractivity contribution in [2.24, 2.45) is 0 Å². The van der Waals surface area contributed by atoms with Crippen LogP contribution in [-0.4, -0.2) is 61.5 Å². The van der Waals surface area contributed by atoms with Crippen LogP contribution in [-0.2, 0) is 33.3 Å². The summed E-state index contributed by atoms with van der Waals surface area (Å²) in [4.78, 5) is 7.81. The van der Waals surface area contributed by atoms with Crippen molar-refractivity contribution in [1.29, 1.82) is 0 Å². The second-order valence-corrected chi connectivity index (χ2v) is 9.80. The quantitative estimate of drug-likeness (QED) is 0.174. The molecular formula is C24H20F6N6O5S. The van der Waals surface area contributed by atoms with Gasteiger partial charge in [0, 0.05) is 11.6 Å². The maximum Gasteiger partial charge on any atom is 0.398 e. The van der Waals surface area contributed by atoms with Gasteiger partial charge in [0.2, 0.25) is 0 Å². The van der Waals surface area contributed by atoms with Crippen molar-refractivity contribution in [2.45, 2.75) is 31.0 Å². The molecule has 2 aromatic carbocycles. The Morgan fingerprint density at radius 3 is 2.33 bits per heavy atom. The Balaban J connectivity index is 1.57. The third kappa shape index (κ3) is 7.92. The van der Waals surface area contributed by atoms with E-state index in [-0.39, 0.29) is 11.6 Å². The first-order chi connectivity index (χ1) is 19.7. The molecule has 0 saturated carbocycles. The largest absolute Gasteiger partial charge is 0.487 e. The number of ether oxygens (including phenoxy) is 1. The summed E-state index contributed by atoms with van der Waals surface area (Å²) in [5.74, 6) is -6.41. The molecule has 42 heavy (non-hydrogen) atoms. The van der Waals surface area contributed by atoms with Crippen LogP contribution < -0.4 is 4.74 Å². The third-order valence-electron chi connectivity index (χ3n) is 5.60. The Hall–Kier alpha value is -4.29. The van der Waals surface area contributed by atoms with Crippen molar-refractivity contribution in [3.63, 3.8) is 0 Å². The van der Waals surface area contributed by atoms with Crippen LogP contribution in [0.1, 0.15) is 17.0 Å². The molecule has 0 aliphatic carbocycles. The molecular weight excluding hydrogens is 598 g/mol. The molecule has 4 aromatic rings. The lowest BCUT2D eigenvalue weighted by Crippen LogP contribution is -2.42. The van der Waals surface area contributed by atoms with E-state index in [4.69, 9.17) is 8.92 Å². The van der Waals surface area contributed by atoms with Gasteiger partial charge in [-0.05, 0) is 29.8 Å². The van der Waals surface area contributed by atoms with Crippen LogP contribution in [0.2, 0.25) is 0 Å². The predicted molar refractivity (Wildman–Crippen MR) is 133 cm³/mol. The minimum Gasteiger partial charge on any atom is -0.487 e. The first-order valence-electron chi connectivity index (χ1n) is 11.7. The van der Waals surface area contributed by atoms with Crippen molar-refractivity contribution < 1.29 is 48.2 Å². The second kappa shape index (κ2) is 12.3. The van der Waals surface area contributed by atoms with Crippen molar-refractivity contribution in [3.8, 4) is 5.75 Å². The van der Waals surface area contributed by atoms with Crippen LogP contribution in [0.4, 0.5) is 26.3 Å². The SMILES string of the molecule is O=S(=O)(O)OC(Cn1cncn1)(Cn1cnc(/C=C/c2ccc(OCC(F)(F)C(F)F)cc2)n1)c1ccc(F)cc1F. The molecule has 0 amide bonds. The van der Waals surface area contributed by atoms with E-state index in [0.717, 1.165) is 34.2 Å². The Kier molecular flexibility index (Phi) is 8.97. The first kappa shape index (κ1) is 30.7. The molecule has 2 heterocycles. The van der Waals surface area contributed by atoms with E-state index in [2.05, 4.69) is 20.2 Å². The monoisotopic (exact) mass is 618 g/mol. The minimum atomic E-state index is -5.23. The fourth-order valence-corrected chi connectivity index (χ4v) is 4.36. The molecule has 0 saturated heterocycles. The van der Waals surface area contributed by atoms with Gasteiger partial charge in [-0.1, -0.05) is 24.3 Å². The summed E-state index contributed by atoms with van der Waals surface area (Å²) in [7, 11) is -5.23. The molecule has 4 rings (SSSR count). The Morgan fingerprint density at radius 1 is 1.00 bits per heavy atom. The topological polar surface area (TPSA) is 134 Å². The van der Waals surface area contributed by atoms with E-state index in [1.807, 2.05) is 0 Å². The van der Waals surface area contributed by atoms with Crippen LogP contribution >= 0.6 is 0 Å². The molecule has 0 bridgehead atoms. The molecule has 1 N–H and O–H groups in total. The minimum absolute atomic E-state index is 0.0644. The van der Waals surface area contributed by atoms with Crippen molar-refractivity contribution in [3.05, 3.63) is 90.0 Å². The smallest absolute Gasteiger partial charge is 0.398 e. The van der Waals surface area contributed by atoms with Gasteiger partial charge in [0.1, 0.15) is 36.4 Å². The zero-order valence-corrected chi connectivity index (χ0v) is 21.9. The molecule has 0 fully saturated rings. The molecule has 11 nitrogen and oxygen atoms in total. The molecule has 0 radical (unpaired) electrons. The average molecular weight is 619 g/mol. The van der Waals surface area contributed by atoms with Crippen LogP contribution in [0.5, 0.6) is 5.75 Å². The van der Waals surface area contributed by atoms with Gasteiger partial charge in [-0.3, -0.25) is 4.55 Å². The summed E-state index contributed by atoms with van der Waals surface area (Å²) in [6.45, 7) is -2.58. The Labute approximate surface area is 234 Å². The van der Waals surface area contributed by atoms with E-state index < -0.39 is 65.2 Å². The molecule has 0 aliphatic heterocycles. The van der Waals surface area contributed by atoms with Crippen molar-refractivity contribution >= 4 is 22.6 Å². The predicted octanol–water partition coefficient (Wildman–Crippen LogP) is 4.01. The zero-order valence-electron chi connectivity index (χ0n) is 21.1. The van der Waals surface area contributed by atoms with E-state index in [0.29, 0.717) is 11.6 Å². The average Bonchev–Trinajstić information content (AvgIpc) is 3.57. The fourth-order valence-electron chi connectivity index (χ4n) is 3.77. The summed E-state index contributed by atoms with van der Waals surface area (Å²) in [5, 5.41) is 8.04. The highest BCUT2D eigenvalue weighted by atomic mass is 32.3. The summed E-state index contributed by atoms with van der Waals surface area (Å²) in [6, 6.07) is 7.80. The lowest BCUT2D eigenvalue weighted by molar-refractivity contribution is -0.148. The number of hydrogen-bond donors (Lipinski definition) is 1. The molecule has 2 aromatic heterocycles. The van der Waals surface area contributed by atoms with Crippen molar-refractivity contribution in [1.82, 2.24) is 29.5 Å². The highest BCUT2D eigenvalue weighted by Gasteiger charge is 2.43. The first-order valence-corrected chi connectivity index (χ1v) is 13.0. The number of alkyl halides is 4. The normalized spacial score (nSPS) is 14.0. The standard InChI is InChI=1S/C24H20F6N6O5S/c25-17-4-7-19(20(26)9-17)23(41-42(37,38)39,10-35-14-31-13-33-35)11-36-15-32-21(34-36)8-3-16-1-5-18(6-2-16)40-12-24(29,30)22(27)28/h1-9,13-15,22H,10-12H2,(H,37,38,39)/b8-3+. The lowest BCUT2D eigenvalue weighted by Gasteiger charge is -2.32. The summed E-state index contributed by atoms with van der Waals surface area (Å²) in [5.41, 5.74) is -2.17.